The number of hydrogen-bond donors (Lipinski definition) is 2. The molecule has 0 radical (unpaired) electrons. The van der Waals surface area contributed by atoms with Gasteiger partial charge in [-0.3, -0.25) is 4.79 Å². The van der Waals surface area contributed by atoms with E-state index in [4.69, 9.17) is 0 Å². The average Bonchev–Trinajstić information content (AvgIpc) is 2.74. The Hall–Kier alpha value is -3.40. The Balaban J connectivity index is 1.96. The summed E-state index contributed by atoms with van der Waals surface area (Å²) in [6.07, 6.45) is 0.963. The Bertz CT molecular complexity index is 964. The summed E-state index contributed by atoms with van der Waals surface area (Å²) in [5, 5.41) is 5.06. The standard InChI is InChI=1S/C20H18F2N2O5S/c1-28-19(26)10-17(20(27)29-2)23-13-4-6-14(7-5-13)30-11-18(25)24-16-9-12(21)3-8-15(16)22/h3-10,23H,11H2,1-2H3,(H,24,25)/b17-10+. The lowest BCUT2D eigenvalue weighted by atomic mass is 10.3. The Kier molecular flexibility index (Phi) is 8.36. The van der Waals surface area contributed by atoms with Crippen molar-refractivity contribution in [2.45, 2.75) is 4.90 Å². The van der Waals surface area contributed by atoms with E-state index in [0.29, 0.717) is 10.6 Å². The van der Waals surface area contributed by atoms with Crippen molar-refractivity contribution in [2.24, 2.45) is 0 Å². The predicted octanol–water partition coefficient (Wildman–Crippen LogP) is 3.34. The minimum Gasteiger partial charge on any atom is -0.466 e. The lowest BCUT2D eigenvalue weighted by molar-refractivity contribution is -0.138. The van der Waals surface area contributed by atoms with Gasteiger partial charge in [-0.1, -0.05) is 0 Å². The molecule has 0 unspecified atom stereocenters. The first-order valence-electron chi connectivity index (χ1n) is 8.45. The first-order chi connectivity index (χ1) is 14.3. The van der Waals surface area contributed by atoms with Gasteiger partial charge in [0.2, 0.25) is 5.91 Å². The second kappa shape index (κ2) is 11.0. The number of anilines is 2. The molecule has 1 amide bonds. The summed E-state index contributed by atoms with van der Waals surface area (Å²) in [6, 6.07) is 9.40. The summed E-state index contributed by atoms with van der Waals surface area (Å²) < 4.78 is 35.8. The molecule has 158 valence electrons. The van der Waals surface area contributed by atoms with Crippen molar-refractivity contribution in [3.05, 3.63) is 65.9 Å². The van der Waals surface area contributed by atoms with E-state index in [9.17, 15) is 23.2 Å². The van der Waals surface area contributed by atoms with E-state index in [1.807, 2.05) is 0 Å². The minimum atomic E-state index is -0.750. The third-order valence-corrected chi connectivity index (χ3v) is 4.59. The highest BCUT2D eigenvalue weighted by molar-refractivity contribution is 8.00. The fourth-order valence-corrected chi connectivity index (χ4v) is 2.85. The zero-order valence-electron chi connectivity index (χ0n) is 16.0. The highest BCUT2D eigenvalue weighted by atomic mass is 32.2. The average molecular weight is 436 g/mol. The Labute approximate surface area is 175 Å². The smallest absolute Gasteiger partial charge is 0.354 e. The first kappa shape index (κ1) is 22.9. The zero-order chi connectivity index (χ0) is 22.1. The second-order valence-electron chi connectivity index (χ2n) is 5.68. The number of nitrogens with one attached hydrogen (secondary N) is 2. The number of ether oxygens (including phenoxy) is 2. The molecule has 0 heterocycles. The largest absolute Gasteiger partial charge is 0.466 e. The van der Waals surface area contributed by atoms with Gasteiger partial charge in [-0.25, -0.2) is 18.4 Å². The number of amides is 1. The van der Waals surface area contributed by atoms with E-state index in [-0.39, 0.29) is 17.1 Å². The lowest BCUT2D eigenvalue weighted by Crippen LogP contribution is -2.15. The molecule has 0 spiro atoms. The molecular formula is C20H18F2N2O5S. The van der Waals surface area contributed by atoms with Crippen LogP contribution < -0.4 is 10.6 Å². The molecule has 30 heavy (non-hydrogen) atoms. The number of rotatable bonds is 8. The molecule has 0 fully saturated rings. The van der Waals surface area contributed by atoms with Crippen molar-refractivity contribution in [1.82, 2.24) is 0 Å². The molecule has 0 atom stereocenters. The number of methoxy groups -OCH3 is 2. The summed E-state index contributed by atoms with van der Waals surface area (Å²) in [5.41, 5.74) is 0.153. The zero-order valence-corrected chi connectivity index (χ0v) is 16.8. The molecule has 2 aromatic rings. The van der Waals surface area contributed by atoms with Gasteiger partial charge in [0, 0.05) is 16.6 Å². The van der Waals surface area contributed by atoms with Crippen molar-refractivity contribution < 1.29 is 32.6 Å². The van der Waals surface area contributed by atoms with Crippen LogP contribution in [0, 0.1) is 11.6 Å². The third-order valence-electron chi connectivity index (χ3n) is 3.57. The first-order valence-corrected chi connectivity index (χ1v) is 9.43. The minimum absolute atomic E-state index is 0.0294. The molecule has 2 rings (SSSR count). The van der Waals surface area contributed by atoms with Gasteiger partial charge in [-0.15, -0.1) is 11.8 Å². The van der Waals surface area contributed by atoms with Gasteiger partial charge in [0.15, 0.2) is 0 Å². The topological polar surface area (TPSA) is 93.7 Å². The highest BCUT2D eigenvalue weighted by Gasteiger charge is 2.13. The lowest BCUT2D eigenvalue weighted by Gasteiger charge is -2.10. The fourth-order valence-electron chi connectivity index (χ4n) is 2.15. The number of halogens is 2. The number of esters is 2. The van der Waals surface area contributed by atoms with Crippen molar-refractivity contribution in [3.8, 4) is 0 Å². The predicted molar refractivity (Wildman–Crippen MR) is 108 cm³/mol. The van der Waals surface area contributed by atoms with Gasteiger partial charge in [-0.05, 0) is 36.4 Å². The molecule has 7 nitrogen and oxygen atoms in total. The van der Waals surface area contributed by atoms with Crippen molar-refractivity contribution >= 4 is 41.0 Å². The number of carbonyl (C=O) groups excluding carboxylic acids is 3. The number of hydrogen-bond acceptors (Lipinski definition) is 7. The summed E-state index contributed by atoms with van der Waals surface area (Å²) in [5.74, 6) is -3.39. The Morgan fingerprint density at radius 3 is 2.33 bits per heavy atom. The molecular weight excluding hydrogens is 418 g/mol. The maximum Gasteiger partial charge on any atom is 0.354 e. The second-order valence-corrected chi connectivity index (χ2v) is 6.73. The number of thioether (sulfide) groups is 1. The molecule has 0 bridgehead atoms. The van der Waals surface area contributed by atoms with E-state index in [1.165, 1.54) is 26.0 Å². The highest BCUT2D eigenvalue weighted by Crippen LogP contribution is 2.22. The van der Waals surface area contributed by atoms with Crippen LogP contribution in [0.15, 0.2) is 59.1 Å². The molecule has 0 aromatic heterocycles. The molecule has 0 aliphatic heterocycles. The van der Waals surface area contributed by atoms with Crippen molar-refractivity contribution in [2.75, 3.05) is 30.6 Å². The SMILES string of the molecule is COC(=O)/C=C(/Nc1ccc(SCC(=O)Nc2cc(F)ccc2F)cc1)C(=O)OC. The Morgan fingerprint density at radius 1 is 1.00 bits per heavy atom. The van der Waals surface area contributed by atoms with Gasteiger partial charge in [0.25, 0.3) is 0 Å². The summed E-state index contributed by atoms with van der Waals surface area (Å²) >= 11 is 1.17. The van der Waals surface area contributed by atoms with Crippen LogP contribution >= 0.6 is 11.8 Å². The Morgan fingerprint density at radius 2 is 1.70 bits per heavy atom. The molecule has 0 saturated heterocycles. The van der Waals surface area contributed by atoms with Gasteiger partial charge in [-0.2, -0.15) is 0 Å². The van der Waals surface area contributed by atoms with E-state index in [0.717, 1.165) is 24.3 Å². The third kappa shape index (κ3) is 6.89. The van der Waals surface area contributed by atoms with Crippen molar-refractivity contribution in [1.29, 1.82) is 0 Å². The molecule has 0 aliphatic rings. The van der Waals surface area contributed by atoms with Crippen LogP contribution in [-0.2, 0) is 23.9 Å². The van der Waals surface area contributed by atoms with Crippen molar-refractivity contribution in [3.63, 3.8) is 0 Å². The summed E-state index contributed by atoms with van der Waals surface area (Å²) in [4.78, 5) is 35.8. The molecule has 2 N–H and O–H groups in total. The van der Waals surface area contributed by atoms with Gasteiger partial charge < -0.3 is 20.1 Å². The maximum absolute atomic E-state index is 13.6. The van der Waals surface area contributed by atoms with E-state index in [2.05, 4.69) is 20.1 Å². The number of carbonyl (C=O) groups is 3. The van der Waals surface area contributed by atoms with Crippen LogP contribution in [0.3, 0.4) is 0 Å². The molecule has 10 heteroatoms. The van der Waals surface area contributed by atoms with Crippen LogP contribution in [0.4, 0.5) is 20.2 Å². The van der Waals surface area contributed by atoms with Gasteiger partial charge in [0.05, 0.1) is 31.7 Å². The summed E-state index contributed by atoms with van der Waals surface area (Å²) in [7, 11) is 2.36. The van der Waals surface area contributed by atoms with E-state index < -0.39 is 29.5 Å². The summed E-state index contributed by atoms with van der Waals surface area (Å²) in [6.45, 7) is 0. The van der Waals surface area contributed by atoms with Crippen LogP contribution in [0.1, 0.15) is 0 Å². The molecule has 0 aliphatic carbocycles. The quantitative estimate of drug-likeness (QED) is 0.372. The van der Waals surface area contributed by atoms with E-state index >= 15 is 0 Å². The maximum atomic E-state index is 13.6. The van der Waals surface area contributed by atoms with Crippen LogP contribution in [0.2, 0.25) is 0 Å². The number of benzene rings is 2. The molecule has 2 aromatic carbocycles. The fraction of sp³-hybridized carbons (Fsp3) is 0.150. The van der Waals surface area contributed by atoms with E-state index in [1.54, 1.807) is 24.3 Å². The van der Waals surface area contributed by atoms with Crippen LogP contribution in [-0.4, -0.2) is 37.8 Å². The molecule has 0 saturated carbocycles. The van der Waals surface area contributed by atoms with Crippen LogP contribution in [0.5, 0.6) is 0 Å². The van der Waals surface area contributed by atoms with Gasteiger partial charge >= 0.3 is 11.9 Å². The monoisotopic (exact) mass is 436 g/mol. The normalized spacial score (nSPS) is 10.9. The van der Waals surface area contributed by atoms with Gasteiger partial charge in [0.1, 0.15) is 17.3 Å². The van der Waals surface area contributed by atoms with Crippen LogP contribution in [0.25, 0.3) is 0 Å².